The number of furan rings is 2. The van der Waals surface area contributed by atoms with Gasteiger partial charge in [-0.05, 0) is 76.2 Å². The molecule has 6 aromatic rings. The second-order valence-electron chi connectivity index (χ2n) is 14.0. The number of esters is 1. The van der Waals surface area contributed by atoms with Crippen molar-refractivity contribution in [1.82, 2.24) is 25.1 Å². The Hall–Kier alpha value is -6.91. The Labute approximate surface area is 371 Å². The normalized spacial score (nSPS) is 14.0. The van der Waals surface area contributed by atoms with Crippen molar-refractivity contribution in [2.24, 2.45) is 0 Å². The number of carbonyl (C=O) groups is 4. The molecule has 0 unspecified atom stereocenters. The fraction of sp³-hybridized carbons (Fsp3) is 0.304. The maximum atomic E-state index is 12.8. The summed E-state index contributed by atoms with van der Waals surface area (Å²) in [6, 6.07) is 18.0. The predicted molar refractivity (Wildman–Crippen MR) is 243 cm³/mol. The number of carboxylic acid groups (broad SMARTS) is 1. The minimum Gasteiger partial charge on any atom is -0.477 e. The van der Waals surface area contributed by atoms with Crippen LogP contribution < -0.4 is 21.3 Å². The van der Waals surface area contributed by atoms with Gasteiger partial charge < -0.3 is 48.7 Å². The predicted octanol–water partition coefficient (Wildman–Crippen LogP) is 6.91. The zero-order chi connectivity index (χ0) is 46.5. The van der Waals surface area contributed by atoms with Crippen molar-refractivity contribution in [2.45, 2.75) is 35.1 Å². The quantitative estimate of drug-likeness (QED) is 0.0993. The van der Waals surface area contributed by atoms with E-state index in [4.69, 9.17) is 33.0 Å². The van der Waals surface area contributed by atoms with Crippen LogP contribution in [-0.2, 0) is 4.74 Å². The van der Waals surface area contributed by atoms with Crippen LogP contribution in [0.5, 0.6) is 0 Å². The van der Waals surface area contributed by atoms with E-state index < -0.39 is 28.6 Å². The molecule has 2 fully saturated rings. The highest BCUT2D eigenvalue weighted by Gasteiger charge is 2.30. The minimum absolute atomic E-state index is 0. The van der Waals surface area contributed by atoms with E-state index >= 15 is 0 Å². The van der Waals surface area contributed by atoms with E-state index in [2.05, 4.69) is 15.3 Å². The number of nitrogens with one attached hydrogen (secondary N) is 3. The number of H-pyrrole nitrogens is 2. The number of amides is 2. The van der Waals surface area contributed by atoms with Gasteiger partial charge in [-0.1, -0.05) is 48.3 Å². The molecule has 17 heteroatoms. The van der Waals surface area contributed by atoms with Crippen LogP contribution in [0.4, 0.5) is 5.69 Å². The number of nitrogens with zero attached hydrogens (tertiary/aromatic N) is 3. The number of anilines is 1. The molecule has 63 heavy (non-hydrogen) atoms. The van der Waals surface area contributed by atoms with Crippen LogP contribution in [0.1, 0.15) is 77.0 Å². The van der Waals surface area contributed by atoms with Crippen molar-refractivity contribution in [3.8, 4) is 0 Å². The van der Waals surface area contributed by atoms with Crippen LogP contribution in [0.15, 0.2) is 104 Å². The number of fused-ring (bicyclic) bond motifs is 2. The number of aryl methyl sites for hydroxylation is 2. The molecule has 0 radical (unpaired) electrons. The Kier molecular flexibility index (Phi) is 16.5. The molecule has 8 rings (SSSR count). The SMILES string of the molecule is C.CCOC(=O)c1c(N2CCN(C(=O)c3ccco3)CC2)c2cc(C)ccc2[nH]c1=O.Cc1ccc2[nH]c(=O)c(C(=O)O)c(Cl)c2c1.O=C(c1ccco1)N1CCNCC1.[3H]C=C([3H])C. The number of carbonyl (C=O) groups excluding carboxylic acids is 3. The summed E-state index contributed by atoms with van der Waals surface area (Å²) in [5.41, 5.74) is 2.12. The van der Waals surface area contributed by atoms with Gasteiger partial charge in [-0.15, -0.1) is 6.55 Å². The topological polar surface area (TPSA) is 211 Å². The first-order valence-corrected chi connectivity index (χ1v) is 20.0. The number of benzene rings is 2. The number of rotatable bonds is 6. The molecule has 4 aromatic heterocycles. The number of halogens is 1. The number of carboxylic acids is 1. The van der Waals surface area contributed by atoms with Gasteiger partial charge in [0.05, 0.1) is 38.1 Å². The van der Waals surface area contributed by atoms with Gasteiger partial charge in [0, 0.05) is 68.6 Å². The lowest BCUT2D eigenvalue weighted by molar-refractivity contribution is 0.0523. The van der Waals surface area contributed by atoms with E-state index in [0.717, 1.165) is 49.2 Å². The number of aromatic carboxylic acids is 1. The molecule has 2 aromatic carbocycles. The van der Waals surface area contributed by atoms with Crippen molar-refractivity contribution in [3.63, 3.8) is 0 Å². The molecule has 0 spiro atoms. The highest BCUT2D eigenvalue weighted by molar-refractivity contribution is 6.38. The lowest BCUT2D eigenvalue weighted by Gasteiger charge is -2.36. The van der Waals surface area contributed by atoms with Crippen molar-refractivity contribution in [3.05, 3.63) is 145 Å². The van der Waals surface area contributed by atoms with Crippen molar-refractivity contribution < 1.29 is 40.6 Å². The van der Waals surface area contributed by atoms with Crippen molar-refractivity contribution in [2.75, 3.05) is 63.9 Å². The molecular weight excluding hydrogens is 832 g/mol. The molecule has 2 amide bonds. The number of ether oxygens (including phenoxy) is 1. The molecule has 0 aliphatic carbocycles. The first-order chi connectivity index (χ1) is 30.6. The first-order valence-electron chi connectivity index (χ1n) is 20.7. The summed E-state index contributed by atoms with van der Waals surface area (Å²) in [6.45, 7) is 13.4. The second-order valence-corrected chi connectivity index (χ2v) is 14.4. The Morgan fingerprint density at radius 1 is 0.825 bits per heavy atom. The van der Waals surface area contributed by atoms with Gasteiger partial charge in [0.1, 0.15) is 11.1 Å². The van der Waals surface area contributed by atoms with E-state index in [9.17, 15) is 28.8 Å². The summed E-state index contributed by atoms with van der Waals surface area (Å²) >= 11 is 5.91. The average molecular weight is 889 g/mol. The van der Waals surface area contributed by atoms with Gasteiger partial charge in [-0.25, -0.2) is 9.59 Å². The molecule has 0 bridgehead atoms. The second kappa shape index (κ2) is 22.8. The molecule has 6 heterocycles. The maximum Gasteiger partial charge on any atom is 0.345 e. The Balaban J connectivity index is 0.000000221. The monoisotopic (exact) mass is 888 g/mol. The van der Waals surface area contributed by atoms with E-state index in [1.54, 1.807) is 60.0 Å². The Bertz CT molecular complexity index is 2740. The van der Waals surface area contributed by atoms with Crippen LogP contribution in [0.25, 0.3) is 21.8 Å². The van der Waals surface area contributed by atoms with E-state index in [1.165, 1.54) is 12.5 Å². The largest absolute Gasteiger partial charge is 0.477 e. The van der Waals surface area contributed by atoms with Crippen LogP contribution >= 0.6 is 11.6 Å². The van der Waals surface area contributed by atoms with Crippen LogP contribution in [0.2, 0.25) is 5.02 Å². The molecule has 4 N–H and O–H groups in total. The highest BCUT2D eigenvalue weighted by atomic mass is 35.5. The molecule has 0 atom stereocenters. The third kappa shape index (κ3) is 11.9. The molecule has 2 aliphatic heterocycles. The maximum absolute atomic E-state index is 12.8. The van der Waals surface area contributed by atoms with Crippen LogP contribution in [0, 0.1) is 13.8 Å². The first kappa shape index (κ1) is 45.6. The van der Waals surface area contributed by atoms with Crippen LogP contribution in [0.3, 0.4) is 0 Å². The third-order valence-electron chi connectivity index (χ3n) is 9.69. The van der Waals surface area contributed by atoms with Crippen molar-refractivity contribution >= 4 is 62.8 Å². The molecule has 0 saturated carbocycles. The van der Waals surface area contributed by atoms with Gasteiger partial charge in [0.2, 0.25) is 0 Å². The summed E-state index contributed by atoms with van der Waals surface area (Å²) in [7, 11) is 0. The molecule has 16 nitrogen and oxygen atoms in total. The van der Waals surface area contributed by atoms with Gasteiger partial charge in [-0.3, -0.25) is 19.2 Å². The molecule has 2 aliphatic rings. The van der Waals surface area contributed by atoms with Gasteiger partial charge in [-0.2, -0.15) is 0 Å². The summed E-state index contributed by atoms with van der Waals surface area (Å²) in [5, 5.41) is 13.4. The van der Waals surface area contributed by atoms with E-state index in [1.807, 2.05) is 43.0 Å². The van der Waals surface area contributed by atoms with E-state index in [0.29, 0.717) is 65.9 Å². The lowest BCUT2D eigenvalue weighted by Crippen LogP contribution is -2.49. The van der Waals surface area contributed by atoms with Gasteiger partial charge >= 0.3 is 11.9 Å². The number of aromatic amines is 2. The highest BCUT2D eigenvalue weighted by Crippen LogP contribution is 2.30. The number of aromatic nitrogens is 2. The van der Waals surface area contributed by atoms with Gasteiger partial charge in [0.25, 0.3) is 22.9 Å². The fourth-order valence-electron chi connectivity index (χ4n) is 6.78. The smallest absolute Gasteiger partial charge is 0.345 e. The standard InChI is InChI=1S/C22H23N3O5.C11H8ClNO3.C9H12N2O2.C3H6.CH4/c1-3-29-22(28)18-19(15-13-14(2)6-7-16(15)23-20(18)26)24-8-10-25(11-9-24)21(27)17-5-4-12-30-17;1-5-2-3-7-6(4-5)9(12)8(11(15)16)10(14)13-7;12-9(8-2-1-7-13-8)11-5-3-10-4-6-11;1-3-2;/h4-7,12-13H,3,8-11H2,1-2H3,(H,23,26);2-4H,1H3,(H,13,14)(H,15,16);1-2,7,10H,3-6H2;3H,1H2,2H3;1H4/i;;;1T,3T;. The third-order valence-corrected chi connectivity index (χ3v) is 10.1. The number of pyridine rings is 2. The lowest BCUT2D eigenvalue weighted by atomic mass is 10.0. The molecule has 334 valence electrons. The number of piperazine rings is 2. The number of hydrogen-bond acceptors (Lipinski definition) is 11. The summed E-state index contributed by atoms with van der Waals surface area (Å²) in [4.78, 5) is 82.7. The summed E-state index contributed by atoms with van der Waals surface area (Å²) in [5.74, 6) is -1.42. The van der Waals surface area contributed by atoms with Gasteiger partial charge in [0.15, 0.2) is 11.5 Å². The number of allylic oxidation sites excluding steroid dienone is 1. The van der Waals surface area contributed by atoms with E-state index in [-0.39, 0.29) is 36.4 Å². The number of hydrogen-bond donors (Lipinski definition) is 4. The average Bonchev–Trinajstić information content (AvgIpc) is 4.04. The van der Waals surface area contributed by atoms with Crippen LogP contribution in [-0.4, -0.2) is 108 Å². The minimum atomic E-state index is -1.32. The Morgan fingerprint density at radius 2 is 1.32 bits per heavy atom. The van der Waals surface area contributed by atoms with Crippen molar-refractivity contribution in [1.29, 1.82) is 0 Å². The zero-order valence-electron chi connectivity index (χ0n) is 36.7. The summed E-state index contributed by atoms with van der Waals surface area (Å²) < 4.78 is 28.2. The molecule has 2 saturated heterocycles. The fourth-order valence-corrected chi connectivity index (χ4v) is 7.11. The Morgan fingerprint density at radius 3 is 1.79 bits per heavy atom. The molecular formula is C46H53ClN6O10. The summed E-state index contributed by atoms with van der Waals surface area (Å²) in [6.07, 6.45) is 3.00. The zero-order valence-corrected chi connectivity index (χ0v) is 35.5.